The van der Waals surface area contributed by atoms with Crippen LogP contribution in [-0.2, 0) is 4.79 Å². The first kappa shape index (κ1) is 12.3. The van der Waals surface area contributed by atoms with Gasteiger partial charge in [-0.3, -0.25) is 4.79 Å². The van der Waals surface area contributed by atoms with E-state index >= 15 is 0 Å². The molecule has 1 rings (SSSR count). The maximum absolute atomic E-state index is 11.3. The predicted octanol–water partition coefficient (Wildman–Crippen LogP) is 4.23. The van der Waals surface area contributed by atoms with Gasteiger partial charge in [-0.05, 0) is 29.8 Å². The fourth-order valence-electron chi connectivity index (χ4n) is 1.00. The Kier molecular flexibility index (Phi) is 4.37. The molecule has 0 bridgehead atoms. The molecule has 0 aliphatic heterocycles. The quantitative estimate of drug-likeness (QED) is 0.726. The summed E-state index contributed by atoms with van der Waals surface area (Å²) in [5, 5.41) is 1.14. The Balaban J connectivity index is 2.85. The van der Waals surface area contributed by atoms with Crippen LogP contribution in [-0.4, -0.2) is 5.78 Å². The molecular formula is C12H12Cl2O. The van der Waals surface area contributed by atoms with Gasteiger partial charge < -0.3 is 0 Å². The normalized spacial score (nSPS) is 11.3. The molecule has 1 aromatic rings. The molecule has 0 saturated carbocycles. The van der Waals surface area contributed by atoms with E-state index in [2.05, 4.69) is 0 Å². The molecule has 0 amide bonds. The number of hydrogen-bond acceptors (Lipinski definition) is 1. The second-order valence-electron chi connectivity index (χ2n) is 3.56. The fraction of sp³-hybridized carbons (Fsp3) is 0.250. The highest BCUT2D eigenvalue weighted by Gasteiger charge is 2.03. The Morgan fingerprint density at radius 1 is 1.33 bits per heavy atom. The average Bonchev–Trinajstić information content (AvgIpc) is 2.15. The van der Waals surface area contributed by atoms with Gasteiger partial charge in [-0.1, -0.05) is 43.1 Å². The second kappa shape index (κ2) is 5.34. The molecule has 1 nitrogen and oxygen atoms in total. The van der Waals surface area contributed by atoms with Crippen LogP contribution in [0.5, 0.6) is 0 Å². The van der Waals surface area contributed by atoms with Crippen molar-refractivity contribution in [1.29, 1.82) is 0 Å². The first-order valence-electron chi connectivity index (χ1n) is 4.67. The maximum Gasteiger partial charge on any atom is 0.158 e. The third kappa shape index (κ3) is 3.69. The van der Waals surface area contributed by atoms with Crippen LogP contribution in [0.2, 0.25) is 10.0 Å². The molecule has 0 spiro atoms. The number of allylic oxidation sites excluding steroid dienone is 1. The summed E-state index contributed by atoms with van der Waals surface area (Å²) in [6.45, 7) is 3.71. The van der Waals surface area contributed by atoms with Crippen LogP contribution in [0.1, 0.15) is 19.4 Å². The zero-order valence-electron chi connectivity index (χ0n) is 8.63. The summed E-state index contributed by atoms with van der Waals surface area (Å²) in [4.78, 5) is 11.3. The largest absolute Gasteiger partial charge is 0.295 e. The van der Waals surface area contributed by atoms with Crippen LogP contribution < -0.4 is 0 Å². The Morgan fingerprint density at radius 2 is 2.00 bits per heavy atom. The molecule has 0 unspecified atom stereocenters. The van der Waals surface area contributed by atoms with Gasteiger partial charge in [0.2, 0.25) is 0 Å². The van der Waals surface area contributed by atoms with Crippen LogP contribution in [0.3, 0.4) is 0 Å². The van der Waals surface area contributed by atoms with E-state index in [1.165, 1.54) is 0 Å². The lowest BCUT2D eigenvalue weighted by Crippen LogP contribution is -2.01. The van der Waals surface area contributed by atoms with Crippen molar-refractivity contribution in [2.75, 3.05) is 0 Å². The molecule has 15 heavy (non-hydrogen) atoms. The SMILES string of the molecule is CC(C)C(=O)/C=C\c1ccc(Cl)cc1Cl. The Morgan fingerprint density at radius 3 is 2.53 bits per heavy atom. The van der Waals surface area contributed by atoms with E-state index in [9.17, 15) is 4.79 Å². The molecule has 0 fully saturated rings. The number of benzene rings is 1. The highest BCUT2D eigenvalue weighted by Crippen LogP contribution is 2.22. The van der Waals surface area contributed by atoms with Crippen molar-refractivity contribution in [3.05, 3.63) is 39.9 Å². The van der Waals surface area contributed by atoms with E-state index in [0.29, 0.717) is 10.0 Å². The Labute approximate surface area is 99.7 Å². The number of hydrogen-bond donors (Lipinski definition) is 0. The van der Waals surface area contributed by atoms with Gasteiger partial charge in [0.05, 0.1) is 0 Å². The summed E-state index contributed by atoms with van der Waals surface area (Å²) in [5.41, 5.74) is 0.801. The van der Waals surface area contributed by atoms with Gasteiger partial charge in [-0.25, -0.2) is 0 Å². The minimum absolute atomic E-state index is 0.00678. The monoisotopic (exact) mass is 242 g/mol. The molecule has 0 radical (unpaired) electrons. The van der Waals surface area contributed by atoms with Crippen LogP contribution >= 0.6 is 23.2 Å². The molecule has 0 aromatic heterocycles. The first-order chi connectivity index (χ1) is 7.00. The summed E-state index contributed by atoms with van der Waals surface area (Å²) in [6, 6.07) is 5.18. The third-order valence-corrected chi connectivity index (χ3v) is 2.52. The topological polar surface area (TPSA) is 17.1 Å². The van der Waals surface area contributed by atoms with E-state index in [1.54, 1.807) is 30.4 Å². The Bertz CT molecular complexity index is 395. The van der Waals surface area contributed by atoms with Crippen molar-refractivity contribution >= 4 is 35.1 Å². The minimum atomic E-state index is 0.00678. The maximum atomic E-state index is 11.3. The standard InChI is InChI=1S/C12H12Cl2O/c1-8(2)12(15)6-4-9-3-5-10(13)7-11(9)14/h3-8H,1-2H3/b6-4-. The smallest absolute Gasteiger partial charge is 0.158 e. The molecule has 80 valence electrons. The fourth-order valence-corrected chi connectivity index (χ4v) is 1.47. The van der Waals surface area contributed by atoms with Crippen LogP contribution in [0.25, 0.3) is 6.08 Å². The summed E-state index contributed by atoms with van der Waals surface area (Å²) >= 11 is 11.7. The van der Waals surface area contributed by atoms with E-state index in [0.717, 1.165) is 5.56 Å². The zero-order chi connectivity index (χ0) is 11.4. The predicted molar refractivity (Wildman–Crippen MR) is 65.3 cm³/mol. The van der Waals surface area contributed by atoms with E-state index in [4.69, 9.17) is 23.2 Å². The molecule has 1 aromatic carbocycles. The number of carbonyl (C=O) groups is 1. The highest BCUT2D eigenvalue weighted by molar-refractivity contribution is 6.35. The summed E-state index contributed by atoms with van der Waals surface area (Å²) in [6.07, 6.45) is 3.25. The molecule has 0 saturated heterocycles. The lowest BCUT2D eigenvalue weighted by molar-refractivity contribution is -0.117. The van der Waals surface area contributed by atoms with Gasteiger partial charge in [-0.2, -0.15) is 0 Å². The summed E-state index contributed by atoms with van der Waals surface area (Å²) < 4.78 is 0. The zero-order valence-corrected chi connectivity index (χ0v) is 10.1. The van der Waals surface area contributed by atoms with Gasteiger partial charge in [0, 0.05) is 16.0 Å². The van der Waals surface area contributed by atoms with Crippen molar-refractivity contribution in [3.8, 4) is 0 Å². The minimum Gasteiger partial charge on any atom is -0.295 e. The van der Waals surface area contributed by atoms with Crippen LogP contribution in [0, 0.1) is 5.92 Å². The van der Waals surface area contributed by atoms with Crippen molar-refractivity contribution in [2.24, 2.45) is 5.92 Å². The number of carbonyl (C=O) groups excluding carboxylic acids is 1. The van der Waals surface area contributed by atoms with Gasteiger partial charge in [-0.15, -0.1) is 0 Å². The Hall–Kier alpha value is -0.790. The molecular weight excluding hydrogens is 231 g/mol. The van der Waals surface area contributed by atoms with E-state index in [-0.39, 0.29) is 11.7 Å². The number of ketones is 1. The average molecular weight is 243 g/mol. The van der Waals surface area contributed by atoms with Gasteiger partial charge >= 0.3 is 0 Å². The van der Waals surface area contributed by atoms with Crippen LogP contribution in [0.15, 0.2) is 24.3 Å². The van der Waals surface area contributed by atoms with Crippen molar-refractivity contribution in [1.82, 2.24) is 0 Å². The van der Waals surface area contributed by atoms with E-state index < -0.39 is 0 Å². The molecule has 0 N–H and O–H groups in total. The molecule has 3 heteroatoms. The van der Waals surface area contributed by atoms with Gasteiger partial charge in [0.15, 0.2) is 5.78 Å². The summed E-state index contributed by atoms with van der Waals surface area (Å²) in [7, 11) is 0. The van der Waals surface area contributed by atoms with Crippen LogP contribution in [0.4, 0.5) is 0 Å². The van der Waals surface area contributed by atoms with E-state index in [1.807, 2.05) is 13.8 Å². The molecule has 0 aliphatic rings. The summed E-state index contributed by atoms with van der Waals surface area (Å²) in [5.74, 6) is 0.0911. The second-order valence-corrected chi connectivity index (χ2v) is 4.40. The number of halogens is 2. The van der Waals surface area contributed by atoms with Gasteiger partial charge in [0.1, 0.15) is 0 Å². The highest BCUT2D eigenvalue weighted by atomic mass is 35.5. The van der Waals surface area contributed by atoms with Gasteiger partial charge in [0.25, 0.3) is 0 Å². The lowest BCUT2D eigenvalue weighted by atomic mass is 10.1. The van der Waals surface area contributed by atoms with Crippen molar-refractivity contribution in [3.63, 3.8) is 0 Å². The third-order valence-electron chi connectivity index (χ3n) is 1.96. The molecule has 0 aliphatic carbocycles. The van der Waals surface area contributed by atoms with Crippen molar-refractivity contribution in [2.45, 2.75) is 13.8 Å². The first-order valence-corrected chi connectivity index (χ1v) is 5.43. The lowest BCUT2D eigenvalue weighted by Gasteiger charge is -1.99. The molecule has 0 heterocycles. The van der Waals surface area contributed by atoms with Crippen molar-refractivity contribution < 1.29 is 4.79 Å². The molecule has 0 atom stereocenters. The number of rotatable bonds is 3.